The van der Waals surface area contributed by atoms with Gasteiger partial charge < -0.3 is 10.0 Å². The molecule has 1 aliphatic rings. The summed E-state index contributed by atoms with van der Waals surface area (Å²) in [6.45, 7) is 2.16. The van der Waals surface area contributed by atoms with Crippen LogP contribution in [0.3, 0.4) is 0 Å². The molecule has 1 atom stereocenters. The lowest BCUT2D eigenvalue weighted by Crippen LogP contribution is -2.33. The zero-order chi connectivity index (χ0) is 15.0. The Bertz CT molecular complexity index is 699. The average Bonchev–Trinajstić information content (AvgIpc) is 2.48. The summed E-state index contributed by atoms with van der Waals surface area (Å²) in [6.07, 6.45) is 2.10. The highest BCUT2D eigenvalue weighted by Crippen LogP contribution is 2.40. The van der Waals surface area contributed by atoms with Crippen LogP contribution < -0.4 is 4.90 Å². The van der Waals surface area contributed by atoms with Crippen molar-refractivity contribution in [2.45, 2.75) is 25.8 Å². The molecule has 1 aliphatic heterocycles. The van der Waals surface area contributed by atoms with Crippen molar-refractivity contribution >= 4 is 28.9 Å². The van der Waals surface area contributed by atoms with Gasteiger partial charge in [0.1, 0.15) is 0 Å². The number of hydrogen-bond donors (Lipinski definition) is 1. The number of rotatable bonds is 2. The van der Waals surface area contributed by atoms with E-state index in [4.69, 9.17) is 16.7 Å². The van der Waals surface area contributed by atoms with Gasteiger partial charge in [-0.1, -0.05) is 29.8 Å². The molecule has 4 heteroatoms. The van der Waals surface area contributed by atoms with Crippen molar-refractivity contribution in [3.8, 4) is 0 Å². The molecule has 21 heavy (non-hydrogen) atoms. The highest BCUT2D eigenvalue weighted by Gasteiger charge is 2.25. The Morgan fingerprint density at radius 1 is 1.24 bits per heavy atom. The number of para-hydroxylation sites is 1. The van der Waals surface area contributed by atoms with Crippen molar-refractivity contribution in [3.05, 3.63) is 58.6 Å². The Balaban J connectivity index is 2.09. The van der Waals surface area contributed by atoms with E-state index in [1.165, 1.54) is 11.6 Å². The summed E-state index contributed by atoms with van der Waals surface area (Å²) in [5.41, 5.74) is 3.53. The van der Waals surface area contributed by atoms with Crippen molar-refractivity contribution in [2.24, 2.45) is 0 Å². The second-order valence-corrected chi connectivity index (χ2v) is 5.76. The molecule has 0 radical (unpaired) electrons. The molecule has 108 valence electrons. The molecule has 3 nitrogen and oxygen atoms in total. The maximum absolute atomic E-state index is 11.0. The molecule has 0 saturated heterocycles. The molecule has 3 rings (SSSR count). The average molecular weight is 302 g/mol. The van der Waals surface area contributed by atoms with Crippen LogP contribution >= 0.6 is 11.6 Å². The quantitative estimate of drug-likeness (QED) is 0.887. The van der Waals surface area contributed by atoms with Crippen LogP contribution in [0, 0.1) is 0 Å². The van der Waals surface area contributed by atoms with Crippen LogP contribution in [0.1, 0.15) is 29.3 Å². The summed E-state index contributed by atoms with van der Waals surface area (Å²) < 4.78 is 0. The minimum atomic E-state index is -0.962. The first-order valence-corrected chi connectivity index (χ1v) is 7.35. The first-order chi connectivity index (χ1) is 10.1. The Labute approximate surface area is 128 Å². The number of anilines is 2. The zero-order valence-electron chi connectivity index (χ0n) is 11.7. The molecule has 0 aromatic heterocycles. The third-order valence-electron chi connectivity index (χ3n) is 3.98. The van der Waals surface area contributed by atoms with E-state index in [1.807, 2.05) is 12.1 Å². The third-order valence-corrected chi connectivity index (χ3v) is 4.28. The summed E-state index contributed by atoms with van der Waals surface area (Å²) >= 11 is 6.33. The first kappa shape index (κ1) is 14.0. The van der Waals surface area contributed by atoms with Crippen molar-refractivity contribution in [1.82, 2.24) is 0 Å². The fraction of sp³-hybridized carbons (Fsp3) is 0.235. The molecule has 1 heterocycles. The summed E-state index contributed by atoms with van der Waals surface area (Å²) in [7, 11) is 0. The summed E-state index contributed by atoms with van der Waals surface area (Å²) in [6, 6.07) is 13.5. The number of halogens is 1. The summed E-state index contributed by atoms with van der Waals surface area (Å²) in [4.78, 5) is 13.2. The summed E-state index contributed by atoms with van der Waals surface area (Å²) in [5, 5.41) is 9.52. The number of hydrogen-bond acceptors (Lipinski definition) is 2. The van der Waals surface area contributed by atoms with Gasteiger partial charge in [-0.3, -0.25) is 0 Å². The Morgan fingerprint density at radius 2 is 2.00 bits per heavy atom. The van der Waals surface area contributed by atoms with Gasteiger partial charge in [0.25, 0.3) is 0 Å². The van der Waals surface area contributed by atoms with Crippen LogP contribution in [0.15, 0.2) is 42.5 Å². The number of aryl methyl sites for hydroxylation is 1. The Morgan fingerprint density at radius 3 is 2.71 bits per heavy atom. The number of fused-ring (bicyclic) bond motifs is 1. The molecular formula is C17H16ClNO2. The van der Waals surface area contributed by atoms with Gasteiger partial charge in [-0.15, -0.1) is 0 Å². The molecule has 0 saturated carbocycles. The smallest absolute Gasteiger partial charge is 0.335 e. The van der Waals surface area contributed by atoms with Gasteiger partial charge in [0.05, 0.1) is 16.3 Å². The van der Waals surface area contributed by atoms with Gasteiger partial charge in [0.2, 0.25) is 0 Å². The maximum atomic E-state index is 11.0. The number of nitrogens with zero attached hydrogens (tertiary/aromatic N) is 1. The van der Waals surface area contributed by atoms with Crippen molar-refractivity contribution < 1.29 is 9.90 Å². The van der Waals surface area contributed by atoms with Crippen LogP contribution in [0.5, 0.6) is 0 Å². The van der Waals surface area contributed by atoms with Gasteiger partial charge in [0.15, 0.2) is 0 Å². The fourth-order valence-electron chi connectivity index (χ4n) is 2.89. The highest BCUT2D eigenvalue weighted by atomic mass is 35.5. The number of aromatic carboxylic acids is 1. The predicted octanol–water partition coefficient (Wildman–Crippen LogP) is 4.51. The van der Waals surface area contributed by atoms with Crippen LogP contribution in [-0.2, 0) is 6.42 Å². The number of carbonyl (C=O) groups is 1. The lowest BCUT2D eigenvalue weighted by molar-refractivity contribution is 0.0697. The first-order valence-electron chi connectivity index (χ1n) is 6.98. The normalized spacial score (nSPS) is 17.4. The van der Waals surface area contributed by atoms with Crippen molar-refractivity contribution in [2.75, 3.05) is 4.90 Å². The largest absolute Gasteiger partial charge is 0.478 e. The Kier molecular flexibility index (Phi) is 3.60. The topological polar surface area (TPSA) is 40.5 Å². The molecule has 0 bridgehead atoms. The van der Waals surface area contributed by atoms with Gasteiger partial charge >= 0.3 is 5.97 Å². The van der Waals surface area contributed by atoms with Crippen LogP contribution in [0.4, 0.5) is 11.4 Å². The molecule has 0 amide bonds. The minimum absolute atomic E-state index is 0.210. The van der Waals surface area contributed by atoms with Crippen molar-refractivity contribution in [1.29, 1.82) is 0 Å². The van der Waals surface area contributed by atoms with E-state index < -0.39 is 5.97 Å². The molecule has 2 aromatic carbocycles. The number of carboxylic acid groups (broad SMARTS) is 1. The maximum Gasteiger partial charge on any atom is 0.335 e. The molecular weight excluding hydrogens is 286 g/mol. The molecule has 0 aliphatic carbocycles. The van der Waals surface area contributed by atoms with Crippen LogP contribution in [0.2, 0.25) is 5.02 Å². The SMILES string of the molecule is CC1CCc2ccccc2N1c1ccc(C(=O)O)cc1Cl. The van der Waals surface area contributed by atoms with E-state index in [0.29, 0.717) is 11.1 Å². The zero-order valence-corrected chi connectivity index (χ0v) is 12.5. The van der Waals surface area contributed by atoms with E-state index in [9.17, 15) is 4.79 Å². The second-order valence-electron chi connectivity index (χ2n) is 5.36. The van der Waals surface area contributed by atoms with Gasteiger partial charge in [0, 0.05) is 11.7 Å². The molecule has 0 fully saturated rings. The molecule has 1 unspecified atom stereocenters. The van der Waals surface area contributed by atoms with Gasteiger partial charge in [-0.2, -0.15) is 0 Å². The highest BCUT2D eigenvalue weighted by molar-refractivity contribution is 6.33. The van der Waals surface area contributed by atoms with E-state index >= 15 is 0 Å². The van der Waals surface area contributed by atoms with E-state index in [0.717, 1.165) is 24.2 Å². The summed E-state index contributed by atoms with van der Waals surface area (Å²) in [5.74, 6) is -0.962. The van der Waals surface area contributed by atoms with Crippen LogP contribution in [-0.4, -0.2) is 17.1 Å². The number of carboxylic acids is 1. The minimum Gasteiger partial charge on any atom is -0.478 e. The number of benzene rings is 2. The van der Waals surface area contributed by atoms with Gasteiger partial charge in [-0.05, 0) is 49.6 Å². The fourth-order valence-corrected chi connectivity index (χ4v) is 3.16. The second kappa shape index (κ2) is 5.41. The molecule has 0 spiro atoms. The lowest BCUT2D eigenvalue weighted by atomic mass is 9.96. The van der Waals surface area contributed by atoms with Crippen LogP contribution in [0.25, 0.3) is 0 Å². The predicted molar refractivity (Wildman–Crippen MR) is 84.8 cm³/mol. The van der Waals surface area contributed by atoms with E-state index in [-0.39, 0.29) is 5.56 Å². The van der Waals surface area contributed by atoms with E-state index in [2.05, 4.69) is 24.0 Å². The third kappa shape index (κ3) is 2.49. The standard InChI is InChI=1S/C17H16ClNO2/c1-11-6-7-12-4-2-3-5-15(12)19(11)16-9-8-13(17(20)21)10-14(16)18/h2-5,8-11H,6-7H2,1H3,(H,20,21). The van der Waals surface area contributed by atoms with Crippen molar-refractivity contribution in [3.63, 3.8) is 0 Å². The van der Waals surface area contributed by atoms with E-state index in [1.54, 1.807) is 12.1 Å². The lowest BCUT2D eigenvalue weighted by Gasteiger charge is -2.37. The molecule has 1 N–H and O–H groups in total. The Hall–Kier alpha value is -2.00. The van der Waals surface area contributed by atoms with Gasteiger partial charge in [-0.25, -0.2) is 4.79 Å². The monoisotopic (exact) mass is 301 g/mol. The molecule has 2 aromatic rings.